The van der Waals surface area contributed by atoms with Crippen LogP contribution >= 0.6 is 0 Å². The van der Waals surface area contributed by atoms with E-state index in [-0.39, 0.29) is 6.04 Å². The molecular weight excluding hydrogens is 244 g/mol. The molecule has 1 heterocycles. The van der Waals surface area contributed by atoms with Crippen molar-refractivity contribution in [1.82, 2.24) is 9.78 Å². The topological polar surface area (TPSA) is 75.3 Å². The molecule has 2 atom stereocenters. The number of carboxylic acid groups (broad SMARTS) is 1. The minimum absolute atomic E-state index is 0.0498. The van der Waals surface area contributed by atoms with Crippen LogP contribution in [0, 0.1) is 0 Å². The van der Waals surface area contributed by atoms with Gasteiger partial charge in [-0.2, -0.15) is 5.10 Å². The van der Waals surface area contributed by atoms with Crippen LogP contribution in [0.3, 0.4) is 0 Å². The molecule has 1 aromatic rings. The number of aromatic carboxylic acids is 1. The van der Waals surface area contributed by atoms with Crippen molar-refractivity contribution >= 4 is 5.97 Å². The summed E-state index contributed by atoms with van der Waals surface area (Å²) in [5, 5.41) is 23.8. The van der Waals surface area contributed by atoms with Gasteiger partial charge in [0.15, 0.2) is 0 Å². The van der Waals surface area contributed by atoms with E-state index in [1.807, 2.05) is 4.68 Å². The van der Waals surface area contributed by atoms with Gasteiger partial charge in [-0.15, -0.1) is 0 Å². The van der Waals surface area contributed by atoms with Crippen molar-refractivity contribution in [3.8, 4) is 0 Å². The summed E-state index contributed by atoms with van der Waals surface area (Å²) < 4.78 is 1.82. The Kier molecular flexibility index (Phi) is 3.31. The maximum Gasteiger partial charge on any atom is 0.339 e. The van der Waals surface area contributed by atoms with E-state index in [1.165, 1.54) is 6.20 Å². The van der Waals surface area contributed by atoms with Gasteiger partial charge >= 0.3 is 5.97 Å². The normalized spacial score (nSPS) is 28.1. The molecule has 0 saturated heterocycles. The molecule has 19 heavy (non-hydrogen) atoms. The molecule has 0 spiro atoms. The van der Waals surface area contributed by atoms with Gasteiger partial charge in [0.05, 0.1) is 24.0 Å². The summed E-state index contributed by atoms with van der Waals surface area (Å²) in [6.07, 6.45) is 8.06. The number of hydrogen-bond acceptors (Lipinski definition) is 3. The fourth-order valence-corrected chi connectivity index (χ4v) is 3.12. The molecule has 2 saturated carbocycles. The monoisotopic (exact) mass is 264 g/mol. The van der Waals surface area contributed by atoms with Crippen molar-refractivity contribution in [1.29, 1.82) is 0 Å². The molecule has 104 valence electrons. The van der Waals surface area contributed by atoms with Crippen LogP contribution in [0.4, 0.5) is 0 Å². The summed E-state index contributed by atoms with van der Waals surface area (Å²) in [5.74, 6) is -0.583. The molecule has 2 unspecified atom stereocenters. The van der Waals surface area contributed by atoms with E-state index in [4.69, 9.17) is 0 Å². The molecule has 0 amide bonds. The quantitative estimate of drug-likeness (QED) is 0.821. The largest absolute Gasteiger partial charge is 0.478 e. The van der Waals surface area contributed by atoms with Crippen LogP contribution < -0.4 is 0 Å². The van der Waals surface area contributed by atoms with Crippen molar-refractivity contribution in [2.75, 3.05) is 0 Å². The molecule has 5 nitrogen and oxygen atoms in total. The van der Waals surface area contributed by atoms with Crippen LogP contribution in [0.15, 0.2) is 6.20 Å². The maximum atomic E-state index is 11.3. The molecule has 0 radical (unpaired) electrons. The number of carboxylic acids is 1. The van der Waals surface area contributed by atoms with E-state index < -0.39 is 12.1 Å². The van der Waals surface area contributed by atoms with Gasteiger partial charge in [0, 0.05) is 5.92 Å². The van der Waals surface area contributed by atoms with E-state index in [1.54, 1.807) is 0 Å². The number of rotatable bonds is 3. The van der Waals surface area contributed by atoms with E-state index >= 15 is 0 Å². The molecular formula is C14H20N2O3. The van der Waals surface area contributed by atoms with Gasteiger partial charge in [-0.1, -0.05) is 19.3 Å². The second-order valence-corrected chi connectivity index (χ2v) is 5.74. The van der Waals surface area contributed by atoms with E-state index in [0.29, 0.717) is 11.5 Å². The zero-order chi connectivity index (χ0) is 13.4. The summed E-state index contributed by atoms with van der Waals surface area (Å²) in [4.78, 5) is 11.3. The highest BCUT2D eigenvalue weighted by atomic mass is 16.4. The molecule has 0 bridgehead atoms. The fraction of sp³-hybridized carbons (Fsp3) is 0.714. The molecule has 1 aromatic heterocycles. The van der Waals surface area contributed by atoms with Crippen LogP contribution in [0.25, 0.3) is 0 Å². The van der Waals surface area contributed by atoms with Gasteiger partial charge in [-0.05, 0) is 25.7 Å². The van der Waals surface area contributed by atoms with Gasteiger partial charge in [-0.25, -0.2) is 4.79 Å². The number of carbonyl (C=O) groups is 1. The molecule has 2 N–H and O–H groups in total. The van der Waals surface area contributed by atoms with Crippen molar-refractivity contribution in [3.05, 3.63) is 17.5 Å². The average Bonchev–Trinajstić information content (AvgIpc) is 3.15. The zero-order valence-corrected chi connectivity index (χ0v) is 11.0. The Bertz CT molecular complexity index is 479. The Morgan fingerprint density at radius 3 is 2.63 bits per heavy atom. The van der Waals surface area contributed by atoms with Gasteiger partial charge in [0.25, 0.3) is 0 Å². The molecule has 0 aromatic carbocycles. The predicted molar refractivity (Wildman–Crippen MR) is 69.3 cm³/mol. The SMILES string of the molecule is O=C(O)c1cnn(C2CCCCCC2O)c1C1CC1. The molecule has 2 aliphatic rings. The highest BCUT2D eigenvalue weighted by molar-refractivity contribution is 5.89. The van der Waals surface area contributed by atoms with E-state index in [0.717, 1.165) is 50.6 Å². The third-order valence-corrected chi connectivity index (χ3v) is 4.29. The number of nitrogens with zero attached hydrogens (tertiary/aromatic N) is 2. The lowest BCUT2D eigenvalue weighted by Crippen LogP contribution is -2.25. The standard InChI is InChI=1S/C14H20N2O3/c17-12-5-3-1-2-4-11(12)16-13(9-6-7-9)10(8-15-16)14(18)19/h8-9,11-12,17H,1-7H2,(H,18,19). The molecule has 2 aliphatic carbocycles. The van der Waals surface area contributed by atoms with Crippen LogP contribution in [-0.4, -0.2) is 32.1 Å². The minimum Gasteiger partial charge on any atom is -0.478 e. The Morgan fingerprint density at radius 1 is 1.21 bits per heavy atom. The summed E-state index contributed by atoms with van der Waals surface area (Å²) >= 11 is 0. The van der Waals surface area contributed by atoms with Gasteiger partial charge in [-0.3, -0.25) is 4.68 Å². The van der Waals surface area contributed by atoms with Crippen LogP contribution in [-0.2, 0) is 0 Å². The first-order chi connectivity index (χ1) is 9.18. The van der Waals surface area contributed by atoms with Crippen LogP contribution in [0.5, 0.6) is 0 Å². The first kappa shape index (κ1) is 12.7. The van der Waals surface area contributed by atoms with Gasteiger partial charge in [0.2, 0.25) is 0 Å². The molecule has 3 rings (SSSR count). The Balaban J connectivity index is 1.96. The third-order valence-electron chi connectivity index (χ3n) is 4.29. The van der Waals surface area contributed by atoms with E-state index in [9.17, 15) is 15.0 Å². The smallest absolute Gasteiger partial charge is 0.339 e. The lowest BCUT2D eigenvalue weighted by atomic mass is 10.0. The van der Waals surface area contributed by atoms with Crippen molar-refractivity contribution < 1.29 is 15.0 Å². The highest BCUT2D eigenvalue weighted by Crippen LogP contribution is 2.43. The Labute approximate surface area is 112 Å². The number of aliphatic hydroxyl groups excluding tert-OH is 1. The summed E-state index contributed by atoms with van der Waals surface area (Å²) in [6, 6.07) is -0.0498. The van der Waals surface area contributed by atoms with Gasteiger partial charge < -0.3 is 10.2 Å². The second kappa shape index (κ2) is 4.96. The average molecular weight is 264 g/mol. The zero-order valence-electron chi connectivity index (χ0n) is 11.0. The van der Waals surface area contributed by atoms with Crippen molar-refractivity contribution in [3.63, 3.8) is 0 Å². The van der Waals surface area contributed by atoms with Crippen LogP contribution in [0.1, 0.15) is 73.0 Å². The first-order valence-corrected chi connectivity index (χ1v) is 7.17. The number of aliphatic hydroxyl groups is 1. The first-order valence-electron chi connectivity index (χ1n) is 7.17. The van der Waals surface area contributed by atoms with E-state index in [2.05, 4.69) is 5.10 Å². The van der Waals surface area contributed by atoms with Crippen LogP contribution in [0.2, 0.25) is 0 Å². The van der Waals surface area contributed by atoms with Gasteiger partial charge in [0.1, 0.15) is 5.56 Å². The summed E-state index contributed by atoms with van der Waals surface area (Å²) in [5.41, 5.74) is 1.15. The van der Waals surface area contributed by atoms with Crippen molar-refractivity contribution in [2.45, 2.75) is 63.0 Å². The summed E-state index contributed by atoms with van der Waals surface area (Å²) in [6.45, 7) is 0. The molecule has 0 aliphatic heterocycles. The lowest BCUT2D eigenvalue weighted by Gasteiger charge is -2.23. The highest BCUT2D eigenvalue weighted by Gasteiger charge is 2.36. The number of hydrogen-bond donors (Lipinski definition) is 2. The minimum atomic E-state index is -0.906. The lowest BCUT2D eigenvalue weighted by molar-refractivity contribution is 0.0693. The number of aromatic nitrogens is 2. The Morgan fingerprint density at radius 2 is 1.95 bits per heavy atom. The third kappa shape index (κ3) is 2.39. The predicted octanol–water partition coefficient (Wildman–Crippen LogP) is 2.32. The molecule has 5 heteroatoms. The maximum absolute atomic E-state index is 11.3. The second-order valence-electron chi connectivity index (χ2n) is 5.74. The van der Waals surface area contributed by atoms with Crippen molar-refractivity contribution in [2.24, 2.45) is 0 Å². The summed E-state index contributed by atoms with van der Waals surface area (Å²) in [7, 11) is 0. The Hall–Kier alpha value is -1.36. The molecule has 2 fully saturated rings. The fourth-order valence-electron chi connectivity index (χ4n) is 3.12.